The van der Waals surface area contributed by atoms with Gasteiger partial charge in [0.25, 0.3) is 0 Å². The van der Waals surface area contributed by atoms with E-state index in [1.807, 2.05) is 30.3 Å². The average Bonchev–Trinajstić information content (AvgIpc) is 2.53. The zero-order valence-corrected chi connectivity index (χ0v) is 11.7. The number of esters is 1. The van der Waals surface area contributed by atoms with Crippen molar-refractivity contribution in [1.82, 2.24) is 0 Å². The van der Waals surface area contributed by atoms with Crippen molar-refractivity contribution in [3.05, 3.63) is 48.0 Å². The monoisotopic (exact) mass is 272 g/mol. The molecule has 0 N–H and O–H groups in total. The van der Waals surface area contributed by atoms with E-state index < -0.39 is 0 Å². The Bertz CT molecular complexity index is 602. The molecule has 0 aliphatic heterocycles. The van der Waals surface area contributed by atoms with Crippen molar-refractivity contribution in [2.24, 2.45) is 0 Å². The van der Waals surface area contributed by atoms with Crippen LogP contribution in [0.3, 0.4) is 0 Å². The predicted octanol–water partition coefficient (Wildman–Crippen LogP) is 3.16. The molecular formula is C16H16O4. The summed E-state index contributed by atoms with van der Waals surface area (Å²) < 4.78 is 15.4. The molecule has 0 heterocycles. The lowest BCUT2D eigenvalue weighted by atomic mass is 10.0. The summed E-state index contributed by atoms with van der Waals surface area (Å²) in [6.45, 7) is 0. The highest BCUT2D eigenvalue weighted by Crippen LogP contribution is 2.37. The molecule has 0 unspecified atom stereocenters. The van der Waals surface area contributed by atoms with E-state index in [0.717, 1.165) is 11.1 Å². The van der Waals surface area contributed by atoms with Crippen molar-refractivity contribution < 1.29 is 19.0 Å². The number of ether oxygens (including phenoxy) is 3. The summed E-state index contributed by atoms with van der Waals surface area (Å²) in [6, 6.07) is 12.8. The molecular weight excluding hydrogens is 256 g/mol. The predicted molar refractivity (Wildman–Crippen MR) is 76.3 cm³/mol. The molecule has 0 atom stereocenters. The van der Waals surface area contributed by atoms with Gasteiger partial charge in [0.2, 0.25) is 0 Å². The molecule has 104 valence electrons. The van der Waals surface area contributed by atoms with Crippen molar-refractivity contribution in [2.75, 3.05) is 21.3 Å². The fourth-order valence-electron chi connectivity index (χ4n) is 2.02. The summed E-state index contributed by atoms with van der Waals surface area (Å²) in [4.78, 5) is 11.4. The second kappa shape index (κ2) is 6.10. The van der Waals surface area contributed by atoms with Crippen LogP contribution in [-0.2, 0) is 4.74 Å². The highest BCUT2D eigenvalue weighted by molar-refractivity contribution is 5.90. The van der Waals surface area contributed by atoms with Crippen LogP contribution in [0.25, 0.3) is 11.1 Å². The normalized spacial score (nSPS) is 9.95. The maximum Gasteiger partial charge on any atom is 0.337 e. The molecule has 4 heteroatoms. The third-order valence-corrected chi connectivity index (χ3v) is 3.02. The number of carbonyl (C=O) groups is 1. The summed E-state index contributed by atoms with van der Waals surface area (Å²) in [6.07, 6.45) is 0. The minimum atomic E-state index is -0.353. The number of hydrogen-bond acceptors (Lipinski definition) is 4. The molecule has 0 aromatic heterocycles. The average molecular weight is 272 g/mol. The summed E-state index contributed by atoms with van der Waals surface area (Å²) >= 11 is 0. The summed E-state index contributed by atoms with van der Waals surface area (Å²) in [5.74, 6) is 0.983. The zero-order valence-electron chi connectivity index (χ0n) is 11.7. The van der Waals surface area contributed by atoms with E-state index in [4.69, 9.17) is 9.47 Å². The summed E-state index contributed by atoms with van der Waals surface area (Å²) in [5.41, 5.74) is 2.36. The quantitative estimate of drug-likeness (QED) is 0.802. The number of para-hydroxylation sites is 1. The molecule has 0 bridgehead atoms. The fourth-order valence-corrected chi connectivity index (χ4v) is 2.02. The third-order valence-electron chi connectivity index (χ3n) is 3.02. The molecule has 2 aromatic rings. The van der Waals surface area contributed by atoms with E-state index in [2.05, 4.69) is 4.74 Å². The van der Waals surface area contributed by atoms with E-state index in [1.54, 1.807) is 26.4 Å². The van der Waals surface area contributed by atoms with Crippen LogP contribution in [0.2, 0.25) is 0 Å². The Kier molecular flexibility index (Phi) is 4.25. The van der Waals surface area contributed by atoms with E-state index in [1.165, 1.54) is 7.11 Å². The van der Waals surface area contributed by atoms with Crippen LogP contribution in [0, 0.1) is 0 Å². The fraction of sp³-hybridized carbons (Fsp3) is 0.188. The molecule has 0 amide bonds. The van der Waals surface area contributed by atoms with Gasteiger partial charge in [0.05, 0.1) is 26.9 Å². The maximum absolute atomic E-state index is 11.4. The van der Waals surface area contributed by atoms with Gasteiger partial charge in [-0.25, -0.2) is 4.79 Å². The van der Waals surface area contributed by atoms with Gasteiger partial charge in [-0.15, -0.1) is 0 Å². The molecule has 20 heavy (non-hydrogen) atoms. The van der Waals surface area contributed by atoms with Crippen molar-refractivity contribution in [2.45, 2.75) is 0 Å². The van der Waals surface area contributed by atoms with E-state index in [0.29, 0.717) is 17.1 Å². The molecule has 2 aromatic carbocycles. The van der Waals surface area contributed by atoms with E-state index in [-0.39, 0.29) is 5.97 Å². The maximum atomic E-state index is 11.4. The zero-order chi connectivity index (χ0) is 14.5. The van der Waals surface area contributed by atoms with Crippen molar-refractivity contribution in [3.8, 4) is 22.6 Å². The molecule has 0 spiro atoms. The van der Waals surface area contributed by atoms with Crippen LogP contribution in [-0.4, -0.2) is 27.3 Å². The molecule has 2 rings (SSSR count). The van der Waals surface area contributed by atoms with Gasteiger partial charge in [0.15, 0.2) is 11.5 Å². The Morgan fingerprint density at radius 1 is 0.900 bits per heavy atom. The van der Waals surface area contributed by atoms with Crippen LogP contribution >= 0.6 is 0 Å². The van der Waals surface area contributed by atoms with Gasteiger partial charge in [-0.3, -0.25) is 0 Å². The van der Waals surface area contributed by atoms with Crippen LogP contribution in [0.5, 0.6) is 11.5 Å². The topological polar surface area (TPSA) is 44.8 Å². The molecule has 0 saturated heterocycles. The highest BCUT2D eigenvalue weighted by Gasteiger charge is 2.12. The summed E-state index contributed by atoms with van der Waals surface area (Å²) in [5, 5.41) is 0. The Labute approximate surface area is 117 Å². The minimum Gasteiger partial charge on any atom is -0.493 e. The van der Waals surface area contributed by atoms with Crippen LogP contribution in [0.4, 0.5) is 0 Å². The first-order valence-corrected chi connectivity index (χ1v) is 6.11. The van der Waals surface area contributed by atoms with Gasteiger partial charge < -0.3 is 14.2 Å². The Hall–Kier alpha value is -2.49. The van der Waals surface area contributed by atoms with Gasteiger partial charge >= 0.3 is 5.97 Å². The lowest BCUT2D eigenvalue weighted by Crippen LogP contribution is -2.00. The standard InChI is InChI=1S/C16H16O4/c1-18-14-6-4-5-13(15(14)19-2)11-7-9-12(10-8-11)16(17)20-3/h4-10H,1-3H3. The molecule has 4 nitrogen and oxygen atoms in total. The van der Waals surface area contributed by atoms with Crippen molar-refractivity contribution in [1.29, 1.82) is 0 Å². The van der Waals surface area contributed by atoms with Gasteiger partial charge in [0.1, 0.15) is 0 Å². The molecule has 0 saturated carbocycles. The first-order valence-electron chi connectivity index (χ1n) is 6.11. The molecule has 0 aliphatic rings. The Morgan fingerprint density at radius 3 is 2.15 bits per heavy atom. The van der Waals surface area contributed by atoms with Gasteiger partial charge in [-0.1, -0.05) is 24.3 Å². The summed E-state index contributed by atoms with van der Waals surface area (Å²) in [7, 11) is 4.56. The first kappa shape index (κ1) is 13.9. The van der Waals surface area contributed by atoms with Gasteiger partial charge in [-0.2, -0.15) is 0 Å². The van der Waals surface area contributed by atoms with Crippen molar-refractivity contribution in [3.63, 3.8) is 0 Å². The SMILES string of the molecule is COC(=O)c1ccc(-c2cccc(OC)c2OC)cc1. The molecule has 0 aliphatic carbocycles. The van der Waals surface area contributed by atoms with Crippen LogP contribution in [0.1, 0.15) is 10.4 Å². The number of benzene rings is 2. The first-order chi connectivity index (χ1) is 9.71. The van der Waals surface area contributed by atoms with E-state index in [9.17, 15) is 4.79 Å². The van der Waals surface area contributed by atoms with Gasteiger partial charge in [-0.05, 0) is 23.8 Å². The smallest absolute Gasteiger partial charge is 0.337 e. The third kappa shape index (κ3) is 2.59. The minimum absolute atomic E-state index is 0.353. The molecule has 0 radical (unpaired) electrons. The number of hydrogen-bond donors (Lipinski definition) is 0. The largest absolute Gasteiger partial charge is 0.493 e. The van der Waals surface area contributed by atoms with Gasteiger partial charge in [0, 0.05) is 5.56 Å². The number of carbonyl (C=O) groups excluding carboxylic acids is 1. The lowest BCUT2D eigenvalue weighted by molar-refractivity contribution is 0.0601. The number of rotatable bonds is 4. The van der Waals surface area contributed by atoms with Crippen molar-refractivity contribution >= 4 is 5.97 Å². The Balaban J connectivity index is 2.44. The lowest BCUT2D eigenvalue weighted by Gasteiger charge is -2.12. The highest BCUT2D eigenvalue weighted by atomic mass is 16.5. The number of methoxy groups -OCH3 is 3. The van der Waals surface area contributed by atoms with Crippen LogP contribution < -0.4 is 9.47 Å². The second-order valence-electron chi connectivity index (χ2n) is 4.11. The van der Waals surface area contributed by atoms with E-state index >= 15 is 0 Å². The molecule has 0 fully saturated rings. The Morgan fingerprint density at radius 2 is 1.60 bits per heavy atom. The second-order valence-corrected chi connectivity index (χ2v) is 4.11. The van der Waals surface area contributed by atoms with Crippen LogP contribution in [0.15, 0.2) is 42.5 Å².